The maximum atomic E-state index is 11.8. The Bertz CT molecular complexity index is 383. The monoisotopic (exact) mass is 248 g/mol. The molecular weight excluding hydrogens is 228 g/mol. The topological polar surface area (TPSA) is 35.5 Å². The Morgan fingerprint density at radius 3 is 2.67 bits per heavy atom. The van der Waals surface area contributed by atoms with E-state index in [1.54, 1.807) is 7.11 Å². The Morgan fingerprint density at radius 1 is 1.22 bits per heavy atom. The molecule has 1 fully saturated rings. The van der Waals surface area contributed by atoms with Gasteiger partial charge in [0.25, 0.3) is 0 Å². The fraction of sp³-hybridized carbons (Fsp3) is 0.533. The number of ether oxygens (including phenoxy) is 2. The summed E-state index contributed by atoms with van der Waals surface area (Å²) in [5.74, 6) is 1.46. The van der Waals surface area contributed by atoms with Crippen LogP contribution in [0.2, 0.25) is 0 Å². The molecule has 1 aromatic rings. The third kappa shape index (κ3) is 3.57. The summed E-state index contributed by atoms with van der Waals surface area (Å²) >= 11 is 0. The first-order valence-electron chi connectivity index (χ1n) is 6.53. The van der Waals surface area contributed by atoms with Crippen molar-refractivity contribution < 1.29 is 14.3 Å². The highest BCUT2D eigenvalue weighted by Gasteiger charge is 2.22. The van der Waals surface area contributed by atoms with E-state index in [0.29, 0.717) is 5.78 Å². The van der Waals surface area contributed by atoms with E-state index >= 15 is 0 Å². The Kier molecular flexibility index (Phi) is 4.76. The minimum atomic E-state index is 0.226. The van der Waals surface area contributed by atoms with Crippen molar-refractivity contribution in [3.05, 3.63) is 29.8 Å². The molecule has 0 saturated heterocycles. The lowest BCUT2D eigenvalue weighted by Crippen LogP contribution is -2.20. The predicted octanol–water partition coefficient (Wildman–Crippen LogP) is 2.97. The molecule has 1 atom stereocenters. The summed E-state index contributed by atoms with van der Waals surface area (Å²) in [5.41, 5.74) is 1.21. The predicted molar refractivity (Wildman–Crippen MR) is 69.6 cm³/mol. The molecule has 2 rings (SSSR count). The van der Waals surface area contributed by atoms with Crippen LogP contribution in [0, 0.1) is 5.92 Å². The molecule has 1 aliphatic rings. The van der Waals surface area contributed by atoms with E-state index in [9.17, 15) is 4.79 Å². The summed E-state index contributed by atoms with van der Waals surface area (Å²) in [7, 11) is 1.60. The van der Waals surface area contributed by atoms with Crippen LogP contribution in [0.4, 0.5) is 0 Å². The number of carbonyl (C=O) groups is 1. The zero-order chi connectivity index (χ0) is 12.8. The number of methoxy groups -OCH3 is 1. The molecule has 98 valence electrons. The summed E-state index contributed by atoms with van der Waals surface area (Å²) in [6.07, 6.45) is 4.93. The smallest absolute Gasteiger partial charge is 0.188 e. The van der Waals surface area contributed by atoms with Crippen molar-refractivity contribution in [3.8, 4) is 5.75 Å². The molecule has 1 unspecified atom stereocenters. The summed E-state index contributed by atoms with van der Waals surface area (Å²) in [5, 5.41) is 0. The van der Waals surface area contributed by atoms with Crippen LogP contribution in [0.5, 0.6) is 5.75 Å². The van der Waals surface area contributed by atoms with Crippen LogP contribution in [-0.4, -0.2) is 19.7 Å². The minimum absolute atomic E-state index is 0.226. The quantitative estimate of drug-likeness (QED) is 0.751. The molecule has 0 N–H and O–H groups in total. The van der Waals surface area contributed by atoms with Crippen molar-refractivity contribution in [1.82, 2.24) is 0 Å². The molecule has 0 aromatic heterocycles. The summed E-state index contributed by atoms with van der Waals surface area (Å²) in [6, 6.07) is 7.93. The van der Waals surface area contributed by atoms with Gasteiger partial charge in [-0.3, -0.25) is 4.79 Å². The fourth-order valence-corrected chi connectivity index (χ4v) is 2.40. The lowest BCUT2D eigenvalue weighted by atomic mass is 9.84. The van der Waals surface area contributed by atoms with Gasteiger partial charge in [-0.1, -0.05) is 18.6 Å². The third-order valence-corrected chi connectivity index (χ3v) is 3.43. The van der Waals surface area contributed by atoms with Crippen LogP contribution < -0.4 is 4.74 Å². The second kappa shape index (κ2) is 6.55. The second-order valence-electron chi connectivity index (χ2n) is 4.81. The van der Waals surface area contributed by atoms with Crippen molar-refractivity contribution in [2.24, 2.45) is 5.92 Å². The Hall–Kier alpha value is -1.35. The molecule has 0 radical (unpaired) electrons. The molecule has 0 bridgehead atoms. The molecule has 0 amide bonds. The molecule has 3 heteroatoms. The number of Topliss-reactive ketones (excluding diaryl/α,β-unsaturated/α-hetero) is 1. The normalized spacial score (nSPS) is 19.8. The van der Waals surface area contributed by atoms with Gasteiger partial charge >= 0.3 is 0 Å². The van der Waals surface area contributed by atoms with Gasteiger partial charge in [-0.05, 0) is 37.0 Å². The van der Waals surface area contributed by atoms with Gasteiger partial charge in [-0.25, -0.2) is 0 Å². The van der Waals surface area contributed by atoms with Crippen molar-refractivity contribution in [1.29, 1.82) is 0 Å². The van der Waals surface area contributed by atoms with Crippen molar-refractivity contribution in [2.75, 3.05) is 13.9 Å². The van der Waals surface area contributed by atoms with Crippen LogP contribution >= 0.6 is 0 Å². The largest absolute Gasteiger partial charge is 0.468 e. The van der Waals surface area contributed by atoms with E-state index in [-0.39, 0.29) is 12.7 Å². The molecule has 0 aliphatic heterocycles. The summed E-state index contributed by atoms with van der Waals surface area (Å²) in [6.45, 7) is 0.264. The highest BCUT2D eigenvalue weighted by Crippen LogP contribution is 2.24. The number of carbonyl (C=O) groups excluding carboxylic acids is 1. The summed E-state index contributed by atoms with van der Waals surface area (Å²) in [4.78, 5) is 11.8. The maximum Gasteiger partial charge on any atom is 0.188 e. The molecule has 3 nitrogen and oxygen atoms in total. The van der Waals surface area contributed by atoms with E-state index in [0.717, 1.165) is 31.4 Å². The first-order chi connectivity index (χ1) is 8.79. The van der Waals surface area contributed by atoms with Crippen LogP contribution in [0.15, 0.2) is 24.3 Å². The lowest BCUT2D eigenvalue weighted by Gasteiger charge is -2.20. The number of rotatable bonds is 5. The number of hydrogen-bond donors (Lipinski definition) is 0. The average Bonchev–Trinajstić information content (AvgIpc) is 2.41. The molecule has 0 spiro atoms. The van der Waals surface area contributed by atoms with E-state index in [4.69, 9.17) is 9.47 Å². The van der Waals surface area contributed by atoms with E-state index in [2.05, 4.69) is 0 Å². The molecule has 1 saturated carbocycles. The standard InChI is InChI=1S/C15H20O3/c1-17-11-18-14-8-6-12(7-9-14)10-13-4-2-3-5-15(13)16/h6-9,13H,2-5,10-11H2,1H3. The maximum absolute atomic E-state index is 11.8. The number of benzene rings is 1. The van der Waals surface area contributed by atoms with Gasteiger partial charge in [0.05, 0.1) is 0 Å². The Morgan fingerprint density at radius 2 is 2.00 bits per heavy atom. The lowest BCUT2D eigenvalue weighted by molar-refractivity contribution is -0.124. The second-order valence-corrected chi connectivity index (χ2v) is 4.81. The molecule has 0 heterocycles. The Balaban J connectivity index is 1.91. The highest BCUT2D eigenvalue weighted by molar-refractivity contribution is 5.81. The van der Waals surface area contributed by atoms with Gasteiger partial charge in [0.2, 0.25) is 0 Å². The first kappa shape index (κ1) is 13.1. The Labute approximate surface area is 108 Å². The van der Waals surface area contributed by atoms with Crippen molar-refractivity contribution in [3.63, 3.8) is 0 Å². The van der Waals surface area contributed by atoms with E-state index in [1.807, 2.05) is 24.3 Å². The number of hydrogen-bond acceptors (Lipinski definition) is 3. The minimum Gasteiger partial charge on any atom is -0.468 e. The van der Waals surface area contributed by atoms with E-state index in [1.165, 1.54) is 12.0 Å². The van der Waals surface area contributed by atoms with E-state index < -0.39 is 0 Å². The molecule has 18 heavy (non-hydrogen) atoms. The van der Waals surface area contributed by atoms with Crippen molar-refractivity contribution in [2.45, 2.75) is 32.1 Å². The van der Waals surface area contributed by atoms with Gasteiger partial charge in [0.1, 0.15) is 11.5 Å². The highest BCUT2D eigenvalue weighted by atomic mass is 16.7. The van der Waals surface area contributed by atoms with Gasteiger partial charge in [0, 0.05) is 19.4 Å². The van der Waals surface area contributed by atoms with Gasteiger partial charge in [0.15, 0.2) is 6.79 Å². The van der Waals surface area contributed by atoms with Crippen LogP contribution in [-0.2, 0) is 16.0 Å². The molecule has 1 aliphatic carbocycles. The van der Waals surface area contributed by atoms with Crippen LogP contribution in [0.25, 0.3) is 0 Å². The average molecular weight is 248 g/mol. The third-order valence-electron chi connectivity index (χ3n) is 3.43. The SMILES string of the molecule is COCOc1ccc(CC2CCCCC2=O)cc1. The zero-order valence-electron chi connectivity index (χ0n) is 10.9. The zero-order valence-corrected chi connectivity index (χ0v) is 10.9. The number of ketones is 1. The van der Waals surface area contributed by atoms with Gasteiger partial charge in [-0.15, -0.1) is 0 Å². The molecule has 1 aromatic carbocycles. The summed E-state index contributed by atoms with van der Waals surface area (Å²) < 4.78 is 10.2. The van der Waals surface area contributed by atoms with Crippen LogP contribution in [0.3, 0.4) is 0 Å². The first-order valence-corrected chi connectivity index (χ1v) is 6.53. The molecular formula is C15H20O3. The van der Waals surface area contributed by atoms with Gasteiger partial charge < -0.3 is 9.47 Å². The van der Waals surface area contributed by atoms with Crippen LogP contribution in [0.1, 0.15) is 31.2 Å². The van der Waals surface area contributed by atoms with Crippen molar-refractivity contribution >= 4 is 5.78 Å². The van der Waals surface area contributed by atoms with Gasteiger partial charge in [-0.2, -0.15) is 0 Å². The fourth-order valence-electron chi connectivity index (χ4n) is 2.40.